The molecule has 3 aromatic carbocycles. The quantitative estimate of drug-likeness (QED) is 0.153. The second-order valence-corrected chi connectivity index (χ2v) is 9.05. The van der Waals surface area contributed by atoms with Gasteiger partial charge in [-0.1, -0.05) is 36.4 Å². The number of methoxy groups -OCH3 is 1. The number of aliphatic hydroxyl groups is 3. The lowest BCUT2D eigenvalue weighted by molar-refractivity contribution is -0.278. The summed E-state index contributed by atoms with van der Waals surface area (Å²) in [6.45, 7) is -0.431. The van der Waals surface area contributed by atoms with Crippen molar-refractivity contribution in [1.29, 1.82) is 0 Å². The Kier molecular flexibility index (Phi) is 9.41. The van der Waals surface area contributed by atoms with Crippen LogP contribution < -0.4 is 9.47 Å². The van der Waals surface area contributed by atoms with Gasteiger partial charge >= 0.3 is 5.97 Å². The molecule has 0 unspecified atom stereocenters. The fraction of sp³-hybridized carbons (Fsp3) is 0.233. The Balaban J connectivity index is 1.39. The van der Waals surface area contributed by atoms with E-state index in [2.05, 4.69) is 0 Å². The van der Waals surface area contributed by atoms with Crippen molar-refractivity contribution in [2.24, 2.45) is 0 Å². The smallest absolute Gasteiger partial charge is 0.330 e. The average Bonchev–Trinajstić information content (AvgIpc) is 2.95. The van der Waals surface area contributed by atoms with Crippen molar-refractivity contribution in [2.75, 3.05) is 13.7 Å². The Morgan fingerprint density at radius 1 is 0.775 bits per heavy atom. The van der Waals surface area contributed by atoms with Crippen molar-refractivity contribution in [2.45, 2.75) is 30.7 Å². The molecular weight excluding hydrogens is 520 g/mol. The zero-order chi connectivity index (χ0) is 28.6. The molecule has 0 saturated carbocycles. The summed E-state index contributed by atoms with van der Waals surface area (Å²) in [7, 11) is 1.58. The topological polar surface area (TPSA) is 155 Å². The van der Waals surface area contributed by atoms with Gasteiger partial charge in [0, 0.05) is 12.1 Å². The zero-order valence-corrected chi connectivity index (χ0v) is 21.5. The predicted molar refractivity (Wildman–Crippen MR) is 145 cm³/mol. The lowest BCUT2D eigenvalue weighted by Gasteiger charge is -2.39. The molecule has 5 N–H and O–H groups in total. The molecule has 0 bridgehead atoms. The molecule has 4 rings (SSSR count). The number of hydrogen-bond donors (Lipinski definition) is 5. The standard InChI is InChI=1S/C30H30O10/c1-37-23-11-6-18(7-12-23)2-3-20-14-22(32)16-24(15-20)39-30-29(36)28(35)27(34)25(40-30)17-38-26(33)13-8-19-4-9-21(31)10-5-19/h2-16,25,27-32,34-36H,17H2,1H3/b3-2-,13-8+/t25-,27-,28+,29-,30-/m1/s1. The van der Waals surface area contributed by atoms with E-state index in [1.54, 1.807) is 31.4 Å². The van der Waals surface area contributed by atoms with Crippen LogP contribution in [0, 0.1) is 0 Å². The highest BCUT2D eigenvalue weighted by Crippen LogP contribution is 2.29. The number of hydrogen-bond acceptors (Lipinski definition) is 10. The normalized spacial score (nSPS) is 22.9. The van der Waals surface area contributed by atoms with Gasteiger partial charge in [-0.15, -0.1) is 0 Å². The van der Waals surface area contributed by atoms with Crippen molar-refractivity contribution >= 4 is 24.2 Å². The zero-order valence-electron chi connectivity index (χ0n) is 21.5. The van der Waals surface area contributed by atoms with Crippen LogP contribution in [-0.4, -0.2) is 75.9 Å². The molecule has 0 spiro atoms. The van der Waals surface area contributed by atoms with E-state index in [1.807, 2.05) is 30.3 Å². The van der Waals surface area contributed by atoms with Gasteiger partial charge < -0.3 is 44.5 Å². The van der Waals surface area contributed by atoms with Gasteiger partial charge in [0.2, 0.25) is 6.29 Å². The number of benzene rings is 3. The van der Waals surface area contributed by atoms with Crippen LogP contribution in [0.25, 0.3) is 18.2 Å². The van der Waals surface area contributed by atoms with Crippen LogP contribution in [-0.2, 0) is 14.3 Å². The molecule has 1 aliphatic rings. The first-order chi connectivity index (χ1) is 19.2. The molecule has 10 heteroatoms. The first-order valence-electron chi connectivity index (χ1n) is 12.4. The largest absolute Gasteiger partial charge is 0.508 e. The highest BCUT2D eigenvalue weighted by molar-refractivity contribution is 5.87. The summed E-state index contributed by atoms with van der Waals surface area (Å²) >= 11 is 0. The van der Waals surface area contributed by atoms with E-state index in [1.165, 1.54) is 30.3 Å². The number of carbonyl (C=O) groups excluding carboxylic acids is 1. The minimum absolute atomic E-state index is 0.0904. The fourth-order valence-corrected chi connectivity index (χ4v) is 3.93. The van der Waals surface area contributed by atoms with E-state index in [-0.39, 0.29) is 17.2 Å². The van der Waals surface area contributed by atoms with Crippen LogP contribution in [0.1, 0.15) is 16.7 Å². The molecule has 0 amide bonds. The van der Waals surface area contributed by atoms with Crippen molar-refractivity contribution in [3.8, 4) is 23.0 Å². The molecule has 40 heavy (non-hydrogen) atoms. The second kappa shape index (κ2) is 13.1. The lowest BCUT2D eigenvalue weighted by atomic mass is 9.99. The number of phenols is 2. The summed E-state index contributed by atoms with van der Waals surface area (Å²) in [6.07, 6.45) is -1.27. The van der Waals surface area contributed by atoms with Gasteiger partial charge in [-0.2, -0.15) is 0 Å². The molecule has 210 valence electrons. The van der Waals surface area contributed by atoms with E-state index in [4.69, 9.17) is 18.9 Å². The predicted octanol–water partition coefficient (Wildman–Crippen LogP) is 2.72. The summed E-state index contributed by atoms with van der Waals surface area (Å²) in [5.41, 5.74) is 2.13. The van der Waals surface area contributed by atoms with E-state index in [9.17, 15) is 30.3 Å². The number of ether oxygens (including phenoxy) is 4. The minimum Gasteiger partial charge on any atom is -0.508 e. The van der Waals surface area contributed by atoms with Crippen LogP contribution in [0.4, 0.5) is 0 Å². The molecule has 0 aromatic heterocycles. The van der Waals surface area contributed by atoms with Gasteiger partial charge in [-0.25, -0.2) is 4.79 Å². The molecule has 3 aromatic rings. The highest BCUT2D eigenvalue weighted by Gasteiger charge is 2.45. The Morgan fingerprint density at radius 2 is 1.43 bits per heavy atom. The minimum atomic E-state index is -1.65. The van der Waals surface area contributed by atoms with Crippen LogP contribution in [0.3, 0.4) is 0 Å². The van der Waals surface area contributed by atoms with Crippen LogP contribution in [0.5, 0.6) is 23.0 Å². The molecule has 10 nitrogen and oxygen atoms in total. The van der Waals surface area contributed by atoms with E-state index in [0.717, 1.165) is 17.4 Å². The Bertz CT molecular complexity index is 1330. The molecule has 1 fully saturated rings. The number of aromatic hydroxyl groups is 2. The Hall–Kier alpha value is -4.35. The molecule has 5 atom stereocenters. The summed E-state index contributed by atoms with van der Waals surface area (Å²) in [5.74, 6) is 0.108. The highest BCUT2D eigenvalue weighted by atomic mass is 16.7. The Morgan fingerprint density at radius 3 is 2.12 bits per heavy atom. The lowest BCUT2D eigenvalue weighted by Crippen LogP contribution is -2.60. The molecule has 1 heterocycles. The Labute approximate surface area is 230 Å². The molecular formula is C30H30O10. The van der Waals surface area contributed by atoms with Crippen LogP contribution >= 0.6 is 0 Å². The van der Waals surface area contributed by atoms with Gasteiger partial charge in [0.1, 0.15) is 54.0 Å². The monoisotopic (exact) mass is 550 g/mol. The van der Waals surface area contributed by atoms with Crippen molar-refractivity contribution in [3.05, 3.63) is 89.5 Å². The summed E-state index contributed by atoms with van der Waals surface area (Å²) in [6, 6.07) is 17.9. The van der Waals surface area contributed by atoms with Gasteiger partial charge in [0.05, 0.1) is 7.11 Å². The number of phenolic OH excluding ortho intramolecular Hbond substituents is 2. The first-order valence-corrected chi connectivity index (χ1v) is 12.4. The third-order valence-corrected chi connectivity index (χ3v) is 6.11. The summed E-state index contributed by atoms with van der Waals surface area (Å²) < 4.78 is 21.6. The maximum Gasteiger partial charge on any atom is 0.330 e. The maximum absolute atomic E-state index is 12.1. The van der Waals surface area contributed by atoms with Gasteiger partial charge in [0.15, 0.2) is 0 Å². The van der Waals surface area contributed by atoms with Crippen LogP contribution in [0.2, 0.25) is 0 Å². The van der Waals surface area contributed by atoms with E-state index < -0.39 is 43.3 Å². The van der Waals surface area contributed by atoms with Crippen LogP contribution in [0.15, 0.2) is 72.8 Å². The second-order valence-electron chi connectivity index (χ2n) is 9.05. The first kappa shape index (κ1) is 28.7. The van der Waals surface area contributed by atoms with E-state index in [0.29, 0.717) is 11.1 Å². The summed E-state index contributed by atoms with van der Waals surface area (Å²) in [5, 5.41) is 50.7. The van der Waals surface area contributed by atoms with Gasteiger partial charge in [-0.05, 0) is 59.2 Å². The van der Waals surface area contributed by atoms with Crippen molar-refractivity contribution in [3.63, 3.8) is 0 Å². The molecule has 0 radical (unpaired) electrons. The average molecular weight is 551 g/mol. The number of rotatable bonds is 9. The number of aliphatic hydroxyl groups excluding tert-OH is 3. The van der Waals surface area contributed by atoms with Gasteiger partial charge in [0.25, 0.3) is 0 Å². The third kappa shape index (κ3) is 7.61. The number of carbonyl (C=O) groups is 1. The fourth-order valence-electron chi connectivity index (χ4n) is 3.93. The summed E-state index contributed by atoms with van der Waals surface area (Å²) in [4.78, 5) is 12.1. The molecule has 0 aliphatic carbocycles. The van der Waals surface area contributed by atoms with Crippen molar-refractivity contribution < 1.29 is 49.3 Å². The number of esters is 1. The van der Waals surface area contributed by atoms with Crippen molar-refractivity contribution in [1.82, 2.24) is 0 Å². The SMILES string of the molecule is COc1ccc(/C=C\c2cc(O)cc(O[C@@H]3O[C@H](COC(=O)/C=C/c4ccc(O)cc4)[C@@H](O)[C@H](O)[C@H]3O)c2)cc1. The molecule has 1 aliphatic heterocycles. The van der Waals surface area contributed by atoms with E-state index >= 15 is 0 Å². The third-order valence-electron chi connectivity index (χ3n) is 6.11. The molecule has 1 saturated heterocycles. The van der Waals surface area contributed by atoms with Gasteiger partial charge in [-0.3, -0.25) is 0 Å². The maximum atomic E-state index is 12.1.